The predicted molar refractivity (Wildman–Crippen MR) is 110 cm³/mol. The molecule has 3 aromatic rings. The van der Waals surface area contributed by atoms with Crippen LogP contribution in [0.3, 0.4) is 0 Å². The number of anilines is 2. The van der Waals surface area contributed by atoms with Crippen molar-refractivity contribution < 1.29 is 22.7 Å². The van der Waals surface area contributed by atoms with Crippen LogP contribution in [0.25, 0.3) is 16.2 Å². The van der Waals surface area contributed by atoms with Gasteiger partial charge in [-0.25, -0.2) is 9.97 Å². The number of aromatic nitrogens is 4. The SMILES string of the molecule is CC(=O)O[C@H]1CC[C@H](Nc2nn3c(-c4cnc(N)c(C(F)(F)F)c4)c(Cl)nc3s2)CC1. The van der Waals surface area contributed by atoms with Gasteiger partial charge < -0.3 is 15.8 Å². The maximum Gasteiger partial charge on any atom is 0.419 e. The molecule has 1 saturated carbocycles. The largest absolute Gasteiger partial charge is 0.463 e. The number of pyridine rings is 1. The lowest BCUT2D eigenvalue weighted by Gasteiger charge is -2.28. The van der Waals surface area contributed by atoms with Gasteiger partial charge >= 0.3 is 12.1 Å². The minimum atomic E-state index is -4.65. The number of hydrogen-bond donors (Lipinski definition) is 2. The highest BCUT2D eigenvalue weighted by Crippen LogP contribution is 2.38. The Morgan fingerprint density at radius 1 is 1.35 bits per heavy atom. The zero-order valence-electron chi connectivity index (χ0n) is 16.2. The molecule has 8 nitrogen and oxygen atoms in total. The molecule has 0 aliphatic heterocycles. The molecule has 0 amide bonds. The number of nitrogens with one attached hydrogen (secondary N) is 1. The van der Waals surface area contributed by atoms with Crippen molar-refractivity contribution in [3.8, 4) is 11.3 Å². The van der Waals surface area contributed by atoms with Crippen LogP contribution in [0.2, 0.25) is 5.15 Å². The van der Waals surface area contributed by atoms with E-state index in [1.54, 1.807) is 0 Å². The number of nitrogen functional groups attached to an aromatic ring is 1. The molecule has 1 aliphatic rings. The normalized spacial score (nSPS) is 19.5. The summed E-state index contributed by atoms with van der Waals surface area (Å²) in [7, 11) is 0. The number of nitrogens with zero attached hydrogens (tertiary/aromatic N) is 4. The van der Waals surface area contributed by atoms with Gasteiger partial charge in [-0.2, -0.15) is 17.7 Å². The Morgan fingerprint density at radius 3 is 2.71 bits per heavy atom. The lowest BCUT2D eigenvalue weighted by molar-refractivity contribution is -0.147. The summed E-state index contributed by atoms with van der Waals surface area (Å²) in [6.45, 7) is 1.40. The summed E-state index contributed by atoms with van der Waals surface area (Å²) in [6.07, 6.45) is -0.432. The third kappa shape index (κ3) is 4.54. The third-order valence-corrected chi connectivity index (χ3v) is 6.10. The van der Waals surface area contributed by atoms with Crippen LogP contribution >= 0.6 is 22.9 Å². The molecule has 0 radical (unpaired) electrons. The molecule has 0 saturated heterocycles. The van der Waals surface area contributed by atoms with Gasteiger partial charge in [0.05, 0.1) is 5.56 Å². The number of rotatable bonds is 4. The quantitative estimate of drug-likeness (QED) is 0.540. The number of nitrogens with two attached hydrogens (primary N) is 1. The van der Waals surface area contributed by atoms with Crippen molar-refractivity contribution in [2.75, 3.05) is 11.1 Å². The van der Waals surface area contributed by atoms with Crippen LogP contribution in [0.5, 0.6) is 0 Å². The van der Waals surface area contributed by atoms with Crippen molar-refractivity contribution in [2.45, 2.75) is 50.9 Å². The fraction of sp³-hybridized carbons (Fsp3) is 0.444. The van der Waals surface area contributed by atoms with Crippen molar-refractivity contribution in [1.29, 1.82) is 0 Å². The fourth-order valence-electron chi connectivity index (χ4n) is 3.59. The lowest BCUT2D eigenvalue weighted by atomic mass is 9.93. The zero-order valence-corrected chi connectivity index (χ0v) is 17.8. The molecule has 0 unspecified atom stereocenters. The van der Waals surface area contributed by atoms with E-state index in [1.165, 1.54) is 29.0 Å². The first-order valence-electron chi connectivity index (χ1n) is 9.43. The molecule has 3 aromatic heterocycles. The van der Waals surface area contributed by atoms with Gasteiger partial charge in [-0.1, -0.05) is 22.9 Å². The minimum absolute atomic E-state index is 0.0203. The average Bonchev–Trinajstić information content (AvgIpc) is 3.18. The maximum atomic E-state index is 13.2. The van der Waals surface area contributed by atoms with Gasteiger partial charge in [0.1, 0.15) is 17.6 Å². The monoisotopic (exact) mass is 474 g/mol. The van der Waals surface area contributed by atoms with E-state index in [2.05, 4.69) is 20.4 Å². The third-order valence-electron chi connectivity index (χ3n) is 4.99. The topological polar surface area (TPSA) is 107 Å². The predicted octanol–water partition coefficient (Wildman–Crippen LogP) is 4.39. The molecule has 0 spiro atoms. The smallest absolute Gasteiger partial charge is 0.419 e. The summed E-state index contributed by atoms with van der Waals surface area (Å²) in [6, 6.07) is 1.03. The van der Waals surface area contributed by atoms with Gasteiger partial charge in [0.15, 0.2) is 5.15 Å². The zero-order chi connectivity index (χ0) is 22.3. The molecule has 3 N–H and O–H groups in total. The van der Waals surface area contributed by atoms with Crippen molar-refractivity contribution >= 4 is 44.8 Å². The Balaban J connectivity index is 1.57. The van der Waals surface area contributed by atoms with Crippen LogP contribution in [0.4, 0.5) is 24.1 Å². The average molecular weight is 475 g/mol. The minimum Gasteiger partial charge on any atom is -0.463 e. The van der Waals surface area contributed by atoms with E-state index in [4.69, 9.17) is 22.1 Å². The molecular weight excluding hydrogens is 457 g/mol. The highest BCUT2D eigenvalue weighted by molar-refractivity contribution is 7.20. The summed E-state index contributed by atoms with van der Waals surface area (Å²) >= 11 is 7.42. The number of hydrogen-bond acceptors (Lipinski definition) is 8. The molecule has 0 aromatic carbocycles. The number of imidazole rings is 1. The van der Waals surface area contributed by atoms with Gasteiger partial charge in [0.2, 0.25) is 10.1 Å². The number of esters is 1. The second-order valence-electron chi connectivity index (χ2n) is 7.23. The summed E-state index contributed by atoms with van der Waals surface area (Å²) in [5.74, 6) is -0.897. The molecule has 0 bridgehead atoms. The van der Waals surface area contributed by atoms with Crippen LogP contribution < -0.4 is 11.1 Å². The van der Waals surface area contributed by atoms with Gasteiger partial charge in [-0.05, 0) is 31.7 Å². The van der Waals surface area contributed by atoms with E-state index in [1.807, 2.05) is 0 Å². The standard InChI is InChI=1S/C18H18ClF3N6O2S/c1-8(29)30-11-4-2-10(3-5-11)25-16-27-28-13(14(19)26-17(28)31-16)9-6-12(18(20,21)22)15(23)24-7-9/h6-7,10-11H,2-5H2,1H3,(H2,23,24)(H,25,27)/t10-,11-. The number of alkyl halides is 3. The Morgan fingerprint density at radius 2 is 2.06 bits per heavy atom. The highest BCUT2D eigenvalue weighted by Gasteiger charge is 2.34. The van der Waals surface area contributed by atoms with E-state index in [0.29, 0.717) is 10.1 Å². The first-order chi connectivity index (χ1) is 14.6. The number of ether oxygens (including phenoxy) is 1. The summed E-state index contributed by atoms with van der Waals surface area (Å²) in [5.41, 5.74) is 4.65. The molecule has 166 valence electrons. The summed E-state index contributed by atoms with van der Waals surface area (Å²) < 4.78 is 46.3. The van der Waals surface area contributed by atoms with Crippen molar-refractivity contribution in [2.24, 2.45) is 0 Å². The number of halogens is 4. The molecule has 3 heterocycles. The Kier molecular flexibility index (Phi) is 5.69. The van der Waals surface area contributed by atoms with E-state index >= 15 is 0 Å². The Labute approximate surface area is 183 Å². The van der Waals surface area contributed by atoms with Gasteiger partial charge in [-0.3, -0.25) is 4.79 Å². The van der Waals surface area contributed by atoms with Crippen molar-refractivity contribution in [3.05, 3.63) is 23.0 Å². The van der Waals surface area contributed by atoms with Crippen molar-refractivity contribution in [1.82, 2.24) is 19.6 Å². The molecule has 31 heavy (non-hydrogen) atoms. The van der Waals surface area contributed by atoms with E-state index in [-0.39, 0.29) is 34.5 Å². The first-order valence-corrected chi connectivity index (χ1v) is 10.6. The van der Waals surface area contributed by atoms with Gasteiger partial charge in [-0.15, -0.1) is 5.10 Å². The van der Waals surface area contributed by atoms with Gasteiger partial charge in [0.25, 0.3) is 0 Å². The lowest BCUT2D eigenvalue weighted by Crippen LogP contribution is -2.30. The Bertz CT molecular complexity index is 1120. The molecule has 4 rings (SSSR count). The molecule has 13 heteroatoms. The van der Waals surface area contributed by atoms with E-state index in [0.717, 1.165) is 31.7 Å². The maximum absolute atomic E-state index is 13.2. The molecular formula is C18H18ClF3N6O2S. The van der Waals surface area contributed by atoms with E-state index < -0.39 is 17.6 Å². The summed E-state index contributed by atoms with van der Waals surface area (Å²) in [5, 5.41) is 8.34. The Hall–Kier alpha value is -2.60. The molecule has 0 atom stereocenters. The van der Waals surface area contributed by atoms with Crippen LogP contribution in [0.15, 0.2) is 12.3 Å². The molecule has 1 fully saturated rings. The van der Waals surface area contributed by atoms with Crippen LogP contribution in [0.1, 0.15) is 38.2 Å². The van der Waals surface area contributed by atoms with Crippen LogP contribution in [-0.4, -0.2) is 37.7 Å². The number of carbonyl (C=O) groups is 1. The summed E-state index contributed by atoms with van der Waals surface area (Å²) in [4.78, 5) is 19.4. The number of carbonyl (C=O) groups excluding carboxylic acids is 1. The van der Waals surface area contributed by atoms with Crippen LogP contribution in [-0.2, 0) is 15.7 Å². The van der Waals surface area contributed by atoms with Crippen LogP contribution in [0, 0.1) is 0 Å². The second kappa shape index (κ2) is 8.15. The first kappa shape index (κ1) is 21.6. The second-order valence-corrected chi connectivity index (χ2v) is 8.55. The van der Waals surface area contributed by atoms with E-state index in [9.17, 15) is 18.0 Å². The van der Waals surface area contributed by atoms with Crippen molar-refractivity contribution in [3.63, 3.8) is 0 Å². The fourth-order valence-corrected chi connectivity index (χ4v) is 4.79. The highest BCUT2D eigenvalue weighted by atomic mass is 35.5. The number of fused-ring (bicyclic) bond motifs is 1. The van der Waals surface area contributed by atoms with Gasteiger partial charge in [0, 0.05) is 24.7 Å². The molecule has 1 aliphatic carbocycles.